The van der Waals surface area contributed by atoms with Crippen molar-refractivity contribution in [3.8, 4) is 0 Å². The van der Waals surface area contributed by atoms with Crippen molar-refractivity contribution in [1.82, 2.24) is 5.32 Å². The predicted octanol–water partition coefficient (Wildman–Crippen LogP) is 3.42. The molecule has 1 fully saturated rings. The Labute approximate surface area is 132 Å². The van der Waals surface area contributed by atoms with Crippen molar-refractivity contribution in [3.05, 3.63) is 34.5 Å². The average molecular weight is 372 g/mol. The fourth-order valence-electron chi connectivity index (χ4n) is 2.84. The van der Waals surface area contributed by atoms with Gasteiger partial charge in [-0.05, 0) is 44.0 Å². The third-order valence-corrected chi connectivity index (χ3v) is 6.19. The largest absolute Gasteiger partial charge is 0.459 e. The van der Waals surface area contributed by atoms with Crippen molar-refractivity contribution in [2.75, 3.05) is 11.5 Å². The SMILES string of the molecule is CC(NC1CCCS(=O)(=O)C1)c1cc2cc(Br)ccc2o1. The van der Waals surface area contributed by atoms with Crippen LogP contribution < -0.4 is 5.32 Å². The van der Waals surface area contributed by atoms with Crippen LogP contribution in [-0.4, -0.2) is 26.0 Å². The number of furan rings is 1. The van der Waals surface area contributed by atoms with Crippen LogP contribution in [-0.2, 0) is 9.84 Å². The molecule has 2 atom stereocenters. The fourth-order valence-corrected chi connectivity index (χ4v) is 4.87. The lowest BCUT2D eigenvalue weighted by Crippen LogP contribution is -2.41. The molecule has 1 saturated heterocycles. The van der Waals surface area contributed by atoms with Crippen LogP contribution in [0, 0.1) is 0 Å². The van der Waals surface area contributed by atoms with Crippen LogP contribution >= 0.6 is 15.9 Å². The summed E-state index contributed by atoms with van der Waals surface area (Å²) >= 11 is 3.45. The van der Waals surface area contributed by atoms with Crippen LogP contribution in [0.1, 0.15) is 31.6 Å². The summed E-state index contributed by atoms with van der Waals surface area (Å²) in [4.78, 5) is 0. The summed E-state index contributed by atoms with van der Waals surface area (Å²) in [5.41, 5.74) is 0.845. The molecule has 0 radical (unpaired) electrons. The summed E-state index contributed by atoms with van der Waals surface area (Å²) in [5, 5.41) is 4.43. The summed E-state index contributed by atoms with van der Waals surface area (Å²) < 4.78 is 30.2. The first-order valence-electron chi connectivity index (χ1n) is 7.08. The molecule has 114 valence electrons. The van der Waals surface area contributed by atoms with E-state index < -0.39 is 9.84 Å². The van der Waals surface area contributed by atoms with Crippen LogP contribution in [0.5, 0.6) is 0 Å². The van der Waals surface area contributed by atoms with Crippen LogP contribution in [0.4, 0.5) is 0 Å². The Bertz CT molecular complexity index is 753. The topological polar surface area (TPSA) is 59.3 Å². The highest BCUT2D eigenvalue weighted by Gasteiger charge is 2.26. The first-order chi connectivity index (χ1) is 9.93. The Morgan fingerprint density at radius 1 is 1.38 bits per heavy atom. The van der Waals surface area contributed by atoms with Crippen molar-refractivity contribution < 1.29 is 12.8 Å². The molecule has 1 N–H and O–H groups in total. The van der Waals surface area contributed by atoms with E-state index in [1.165, 1.54) is 0 Å². The third kappa shape index (κ3) is 3.49. The zero-order chi connectivity index (χ0) is 15.0. The maximum Gasteiger partial charge on any atom is 0.151 e. The summed E-state index contributed by atoms with van der Waals surface area (Å²) in [6, 6.07) is 7.91. The van der Waals surface area contributed by atoms with Gasteiger partial charge >= 0.3 is 0 Å². The lowest BCUT2D eigenvalue weighted by atomic mass is 10.1. The minimum absolute atomic E-state index is 0.00512. The number of sulfone groups is 1. The van der Waals surface area contributed by atoms with E-state index in [1.807, 2.05) is 31.2 Å². The fraction of sp³-hybridized carbons (Fsp3) is 0.467. The van der Waals surface area contributed by atoms with Gasteiger partial charge in [-0.3, -0.25) is 0 Å². The van der Waals surface area contributed by atoms with Crippen molar-refractivity contribution >= 4 is 36.7 Å². The van der Waals surface area contributed by atoms with Gasteiger partial charge in [-0.15, -0.1) is 0 Å². The number of halogens is 1. The van der Waals surface area contributed by atoms with Gasteiger partial charge in [0.1, 0.15) is 11.3 Å². The van der Waals surface area contributed by atoms with Crippen molar-refractivity contribution in [2.45, 2.75) is 31.8 Å². The summed E-state index contributed by atoms with van der Waals surface area (Å²) in [6.07, 6.45) is 1.63. The Kier molecular flexibility index (Phi) is 4.12. The Morgan fingerprint density at radius 3 is 2.95 bits per heavy atom. The van der Waals surface area contributed by atoms with Gasteiger partial charge in [0.05, 0.1) is 17.5 Å². The Balaban J connectivity index is 1.76. The number of rotatable bonds is 3. The number of hydrogen-bond acceptors (Lipinski definition) is 4. The summed E-state index contributed by atoms with van der Waals surface area (Å²) in [5.74, 6) is 1.38. The highest BCUT2D eigenvalue weighted by Crippen LogP contribution is 2.27. The monoisotopic (exact) mass is 371 g/mol. The molecule has 1 aliphatic heterocycles. The Hall–Kier alpha value is -0.850. The second-order valence-electron chi connectivity index (χ2n) is 5.67. The molecule has 2 unspecified atom stereocenters. The van der Waals surface area contributed by atoms with Gasteiger partial charge in [0.25, 0.3) is 0 Å². The second-order valence-corrected chi connectivity index (χ2v) is 8.82. The van der Waals surface area contributed by atoms with Crippen LogP contribution in [0.25, 0.3) is 11.0 Å². The smallest absolute Gasteiger partial charge is 0.151 e. The van der Waals surface area contributed by atoms with E-state index in [2.05, 4.69) is 21.2 Å². The van der Waals surface area contributed by atoms with Gasteiger partial charge in [0.15, 0.2) is 9.84 Å². The molecule has 2 heterocycles. The van der Waals surface area contributed by atoms with E-state index in [0.717, 1.165) is 34.0 Å². The maximum absolute atomic E-state index is 11.7. The van der Waals surface area contributed by atoms with E-state index in [-0.39, 0.29) is 17.8 Å². The van der Waals surface area contributed by atoms with Gasteiger partial charge in [-0.25, -0.2) is 8.42 Å². The third-order valence-electron chi connectivity index (χ3n) is 3.87. The summed E-state index contributed by atoms with van der Waals surface area (Å²) in [7, 11) is -2.89. The first kappa shape index (κ1) is 15.1. The van der Waals surface area contributed by atoms with Gasteiger partial charge < -0.3 is 9.73 Å². The molecular weight excluding hydrogens is 354 g/mol. The molecule has 1 aromatic carbocycles. The van der Waals surface area contributed by atoms with Gasteiger partial charge in [-0.2, -0.15) is 0 Å². The van der Waals surface area contributed by atoms with Gasteiger partial charge in [-0.1, -0.05) is 15.9 Å². The minimum atomic E-state index is -2.89. The molecule has 0 aliphatic carbocycles. The van der Waals surface area contributed by atoms with Gasteiger partial charge in [0.2, 0.25) is 0 Å². The highest BCUT2D eigenvalue weighted by molar-refractivity contribution is 9.10. The van der Waals surface area contributed by atoms with E-state index >= 15 is 0 Å². The average Bonchev–Trinajstić information content (AvgIpc) is 2.80. The quantitative estimate of drug-likeness (QED) is 0.897. The molecule has 4 nitrogen and oxygen atoms in total. The Morgan fingerprint density at radius 2 is 2.19 bits per heavy atom. The molecule has 3 rings (SSSR count). The van der Waals surface area contributed by atoms with E-state index in [1.54, 1.807) is 0 Å². The van der Waals surface area contributed by atoms with E-state index in [0.29, 0.717) is 5.75 Å². The van der Waals surface area contributed by atoms with Gasteiger partial charge in [0, 0.05) is 15.9 Å². The predicted molar refractivity (Wildman–Crippen MR) is 87.1 cm³/mol. The molecule has 6 heteroatoms. The number of benzene rings is 1. The second kappa shape index (κ2) is 5.74. The zero-order valence-corrected chi connectivity index (χ0v) is 14.2. The molecule has 1 aliphatic rings. The zero-order valence-electron chi connectivity index (χ0n) is 11.8. The first-order valence-corrected chi connectivity index (χ1v) is 9.70. The molecule has 2 aromatic rings. The number of nitrogens with one attached hydrogen (secondary N) is 1. The van der Waals surface area contributed by atoms with Crippen LogP contribution in [0.2, 0.25) is 0 Å². The molecule has 0 bridgehead atoms. The molecule has 0 spiro atoms. The normalized spacial score (nSPS) is 23.2. The van der Waals surface area contributed by atoms with Crippen molar-refractivity contribution in [2.24, 2.45) is 0 Å². The molecule has 21 heavy (non-hydrogen) atoms. The molecule has 0 amide bonds. The van der Waals surface area contributed by atoms with E-state index in [4.69, 9.17) is 4.42 Å². The molecule has 0 saturated carbocycles. The highest BCUT2D eigenvalue weighted by atomic mass is 79.9. The molecular formula is C15H18BrNO3S. The van der Waals surface area contributed by atoms with Crippen LogP contribution in [0.15, 0.2) is 33.2 Å². The van der Waals surface area contributed by atoms with Crippen LogP contribution in [0.3, 0.4) is 0 Å². The lowest BCUT2D eigenvalue weighted by Gasteiger charge is -2.25. The lowest BCUT2D eigenvalue weighted by molar-refractivity contribution is 0.391. The number of fused-ring (bicyclic) bond motifs is 1. The standard InChI is InChI=1S/C15H18BrNO3S/c1-10(17-13-3-2-6-21(18,19)9-13)15-8-11-7-12(16)4-5-14(11)20-15/h4-5,7-8,10,13,17H,2-3,6,9H2,1H3. The van der Waals surface area contributed by atoms with Crippen molar-refractivity contribution in [1.29, 1.82) is 0 Å². The van der Waals surface area contributed by atoms with E-state index in [9.17, 15) is 8.42 Å². The minimum Gasteiger partial charge on any atom is -0.459 e. The summed E-state index contributed by atoms with van der Waals surface area (Å²) in [6.45, 7) is 2.01. The maximum atomic E-state index is 11.7. The molecule has 1 aromatic heterocycles. The number of hydrogen-bond donors (Lipinski definition) is 1. The van der Waals surface area contributed by atoms with Crippen molar-refractivity contribution in [3.63, 3.8) is 0 Å².